The number of nitrogens with two attached hydrogens (primary N) is 1. The fourth-order valence-electron chi connectivity index (χ4n) is 0.718. The molecule has 0 aliphatic heterocycles. The summed E-state index contributed by atoms with van der Waals surface area (Å²) < 4.78 is 0. The molecule has 0 radical (unpaired) electrons. The number of hydrogen-bond donors (Lipinski definition) is 1. The minimum absolute atomic E-state index is 0.595. The first-order valence-electron chi connectivity index (χ1n) is 3.15. The average molecular weight is 148 g/mol. The normalized spacial score (nSPS) is 10.2. The Labute approximate surface area is 64.6 Å². The van der Waals surface area contributed by atoms with Crippen molar-refractivity contribution in [1.29, 1.82) is 0 Å². The Bertz CT molecular complexity index is 281. The molecule has 1 aromatic rings. The molecular formula is C8H8N2O. The van der Waals surface area contributed by atoms with E-state index in [-0.39, 0.29) is 0 Å². The van der Waals surface area contributed by atoms with Crippen molar-refractivity contribution in [2.75, 3.05) is 5.73 Å². The SMILES string of the molecule is Nc1cncc(C=CC=O)c1. The second-order valence-corrected chi connectivity index (χ2v) is 2.05. The fourth-order valence-corrected chi connectivity index (χ4v) is 0.718. The maximum atomic E-state index is 9.92. The van der Waals surface area contributed by atoms with Crippen LogP contribution in [-0.2, 0) is 4.79 Å². The number of aldehydes is 1. The minimum Gasteiger partial charge on any atom is -0.397 e. The van der Waals surface area contributed by atoms with Crippen molar-refractivity contribution in [2.45, 2.75) is 0 Å². The zero-order chi connectivity index (χ0) is 8.10. The summed E-state index contributed by atoms with van der Waals surface area (Å²) in [6, 6.07) is 1.74. The molecule has 0 amide bonds. The number of nitrogen functional groups attached to an aromatic ring is 1. The molecule has 0 saturated carbocycles. The summed E-state index contributed by atoms with van der Waals surface area (Å²) in [5.41, 5.74) is 6.87. The number of rotatable bonds is 2. The van der Waals surface area contributed by atoms with Crippen molar-refractivity contribution >= 4 is 18.0 Å². The summed E-state index contributed by atoms with van der Waals surface area (Å²) in [6.07, 6.45) is 6.95. The molecule has 56 valence electrons. The second-order valence-electron chi connectivity index (χ2n) is 2.05. The van der Waals surface area contributed by atoms with Crippen LogP contribution in [0.1, 0.15) is 5.56 Å². The highest BCUT2D eigenvalue weighted by Crippen LogP contribution is 2.04. The molecule has 1 rings (SSSR count). The quantitative estimate of drug-likeness (QED) is 0.500. The van der Waals surface area contributed by atoms with Gasteiger partial charge in [-0.2, -0.15) is 0 Å². The van der Waals surface area contributed by atoms with E-state index in [0.29, 0.717) is 12.0 Å². The Balaban J connectivity index is 2.87. The van der Waals surface area contributed by atoms with E-state index >= 15 is 0 Å². The number of hydrogen-bond acceptors (Lipinski definition) is 3. The number of allylic oxidation sites excluding steroid dienone is 1. The summed E-state index contributed by atoms with van der Waals surface area (Å²) in [5, 5.41) is 0. The van der Waals surface area contributed by atoms with Crippen LogP contribution in [0, 0.1) is 0 Å². The lowest BCUT2D eigenvalue weighted by molar-refractivity contribution is -0.104. The third kappa shape index (κ3) is 2.21. The van der Waals surface area contributed by atoms with Crippen LogP contribution < -0.4 is 5.73 Å². The Morgan fingerprint density at radius 1 is 1.45 bits per heavy atom. The smallest absolute Gasteiger partial charge is 0.142 e. The average Bonchev–Trinajstić information content (AvgIpc) is 2.01. The molecular weight excluding hydrogens is 140 g/mol. The van der Waals surface area contributed by atoms with Gasteiger partial charge in [0, 0.05) is 12.4 Å². The van der Waals surface area contributed by atoms with Crippen molar-refractivity contribution < 1.29 is 4.79 Å². The Hall–Kier alpha value is -1.64. The molecule has 3 nitrogen and oxygen atoms in total. The van der Waals surface area contributed by atoms with Crippen LogP contribution in [0.5, 0.6) is 0 Å². The number of anilines is 1. The number of carbonyl (C=O) groups excluding carboxylic acids is 1. The van der Waals surface area contributed by atoms with Crippen molar-refractivity contribution in [3.63, 3.8) is 0 Å². The van der Waals surface area contributed by atoms with E-state index < -0.39 is 0 Å². The first kappa shape index (κ1) is 7.47. The molecule has 3 heteroatoms. The van der Waals surface area contributed by atoms with Gasteiger partial charge in [0.25, 0.3) is 0 Å². The van der Waals surface area contributed by atoms with E-state index in [2.05, 4.69) is 4.98 Å². The van der Waals surface area contributed by atoms with E-state index in [1.54, 1.807) is 24.5 Å². The van der Waals surface area contributed by atoms with E-state index in [4.69, 9.17) is 5.73 Å². The molecule has 1 aromatic heterocycles. The molecule has 0 aliphatic carbocycles. The molecule has 2 N–H and O–H groups in total. The van der Waals surface area contributed by atoms with Crippen molar-refractivity contribution in [3.8, 4) is 0 Å². The lowest BCUT2D eigenvalue weighted by atomic mass is 10.2. The molecule has 0 aromatic carbocycles. The standard InChI is InChI=1S/C8H8N2O/c9-8-4-7(2-1-3-11)5-10-6-8/h1-6H,9H2. The topological polar surface area (TPSA) is 56.0 Å². The van der Waals surface area contributed by atoms with Gasteiger partial charge in [0.2, 0.25) is 0 Å². The van der Waals surface area contributed by atoms with Gasteiger partial charge in [0.05, 0.1) is 5.69 Å². The summed E-state index contributed by atoms with van der Waals surface area (Å²) in [4.78, 5) is 13.8. The number of nitrogens with zero attached hydrogens (tertiary/aromatic N) is 1. The molecule has 0 atom stereocenters. The van der Waals surface area contributed by atoms with Crippen molar-refractivity contribution in [1.82, 2.24) is 4.98 Å². The van der Waals surface area contributed by atoms with E-state index in [0.717, 1.165) is 5.56 Å². The van der Waals surface area contributed by atoms with Gasteiger partial charge in [-0.15, -0.1) is 0 Å². The van der Waals surface area contributed by atoms with Gasteiger partial charge >= 0.3 is 0 Å². The zero-order valence-electron chi connectivity index (χ0n) is 5.90. The molecule has 0 aliphatic rings. The van der Waals surface area contributed by atoms with Gasteiger partial charge in [0.15, 0.2) is 0 Å². The molecule has 0 unspecified atom stereocenters. The van der Waals surface area contributed by atoms with Gasteiger partial charge < -0.3 is 5.73 Å². The third-order valence-corrected chi connectivity index (χ3v) is 1.15. The lowest BCUT2D eigenvalue weighted by Crippen LogP contribution is -1.86. The highest BCUT2D eigenvalue weighted by Gasteiger charge is 1.86. The maximum Gasteiger partial charge on any atom is 0.142 e. The van der Waals surface area contributed by atoms with Crippen LogP contribution in [0.25, 0.3) is 6.08 Å². The van der Waals surface area contributed by atoms with E-state index in [9.17, 15) is 4.79 Å². The predicted molar refractivity (Wildman–Crippen MR) is 43.7 cm³/mol. The van der Waals surface area contributed by atoms with E-state index in [1.165, 1.54) is 6.08 Å². The van der Waals surface area contributed by atoms with Crippen LogP contribution in [0.15, 0.2) is 24.5 Å². The van der Waals surface area contributed by atoms with Crippen LogP contribution in [0.2, 0.25) is 0 Å². The van der Waals surface area contributed by atoms with Crippen LogP contribution >= 0.6 is 0 Å². The van der Waals surface area contributed by atoms with Gasteiger partial charge in [-0.05, 0) is 17.7 Å². The summed E-state index contributed by atoms with van der Waals surface area (Å²) in [6.45, 7) is 0. The van der Waals surface area contributed by atoms with Gasteiger partial charge in [-0.1, -0.05) is 6.08 Å². The predicted octanol–water partition coefficient (Wildman–Crippen LogP) is 0.876. The largest absolute Gasteiger partial charge is 0.397 e. The van der Waals surface area contributed by atoms with Gasteiger partial charge in [-0.3, -0.25) is 9.78 Å². The first-order chi connectivity index (χ1) is 5.33. The van der Waals surface area contributed by atoms with E-state index in [1.807, 2.05) is 0 Å². The van der Waals surface area contributed by atoms with Gasteiger partial charge in [0.1, 0.15) is 6.29 Å². The first-order valence-corrected chi connectivity index (χ1v) is 3.15. The third-order valence-electron chi connectivity index (χ3n) is 1.15. The number of pyridine rings is 1. The van der Waals surface area contributed by atoms with Crippen LogP contribution in [0.4, 0.5) is 5.69 Å². The molecule has 1 heterocycles. The number of aromatic nitrogens is 1. The molecule has 0 saturated heterocycles. The Kier molecular flexibility index (Phi) is 2.38. The number of carbonyl (C=O) groups is 1. The molecule has 0 fully saturated rings. The van der Waals surface area contributed by atoms with Crippen molar-refractivity contribution in [3.05, 3.63) is 30.1 Å². The molecule has 0 spiro atoms. The second kappa shape index (κ2) is 3.51. The highest BCUT2D eigenvalue weighted by atomic mass is 16.1. The monoisotopic (exact) mass is 148 g/mol. The summed E-state index contributed by atoms with van der Waals surface area (Å²) in [5.74, 6) is 0. The highest BCUT2D eigenvalue weighted by molar-refractivity contribution is 5.74. The minimum atomic E-state index is 0.595. The van der Waals surface area contributed by atoms with Crippen LogP contribution in [-0.4, -0.2) is 11.3 Å². The Morgan fingerprint density at radius 3 is 2.91 bits per heavy atom. The van der Waals surface area contributed by atoms with Gasteiger partial charge in [-0.25, -0.2) is 0 Å². The van der Waals surface area contributed by atoms with Crippen LogP contribution in [0.3, 0.4) is 0 Å². The molecule has 11 heavy (non-hydrogen) atoms. The molecule has 0 bridgehead atoms. The fraction of sp³-hybridized carbons (Fsp3) is 0. The summed E-state index contributed by atoms with van der Waals surface area (Å²) in [7, 11) is 0. The Morgan fingerprint density at radius 2 is 2.27 bits per heavy atom. The van der Waals surface area contributed by atoms with Crippen molar-refractivity contribution in [2.24, 2.45) is 0 Å². The zero-order valence-corrected chi connectivity index (χ0v) is 5.90. The lowest BCUT2D eigenvalue weighted by Gasteiger charge is -1.92. The summed E-state index contributed by atoms with van der Waals surface area (Å²) >= 11 is 0. The maximum absolute atomic E-state index is 9.92.